The van der Waals surface area contributed by atoms with Crippen LogP contribution in [0, 0.1) is 5.92 Å². The van der Waals surface area contributed by atoms with Crippen LogP contribution in [0.2, 0.25) is 0 Å². The van der Waals surface area contributed by atoms with Gasteiger partial charge in [-0.2, -0.15) is 0 Å². The Morgan fingerprint density at radius 2 is 2.47 bits per heavy atom. The molecule has 0 bridgehead atoms. The van der Waals surface area contributed by atoms with Crippen LogP contribution in [-0.4, -0.2) is 20.3 Å². The first-order chi connectivity index (χ1) is 7.37. The van der Waals surface area contributed by atoms with Gasteiger partial charge in [-0.15, -0.1) is 11.3 Å². The van der Waals surface area contributed by atoms with Gasteiger partial charge in [-0.05, 0) is 42.2 Å². The third-order valence-corrected chi connectivity index (χ3v) is 4.65. The monoisotopic (exact) mass is 223 g/mol. The van der Waals surface area contributed by atoms with E-state index in [0.29, 0.717) is 0 Å². The maximum absolute atomic E-state index is 5.45. The molecule has 0 radical (unpaired) electrons. The van der Waals surface area contributed by atoms with E-state index >= 15 is 0 Å². The molecule has 1 aliphatic carbocycles. The van der Waals surface area contributed by atoms with Gasteiger partial charge in [0.1, 0.15) is 0 Å². The summed E-state index contributed by atoms with van der Waals surface area (Å²) < 4.78 is 5.45. The van der Waals surface area contributed by atoms with Gasteiger partial charge in [-0.25, -0.2) is 0 Å². The molecule has 0 saturated heterocycles. The Hall–Kier alpha value is -0.380. The quantitative estimate of drug-likeness (QED) is 0.847. The SMILES string of the molecule is COCC1(C2CC2)NCCc2sccc21. The Bertz CT molecular complexity index is 358. The Morgan fingerprint density at radius 1 is 1.60 bits per heavy atom. The molecular formula is C12H17NOS. The van der Waals surface area contributed by atoms with E-state index in [-0.39, 0.29) is 5.54 Å². The minimum absolute atomic E-state index is 0.141. The van der Waals surface area contributed by atoms with Gasteiger partial charge in [0, 0.05) is 18.5 Å². The van der Waals surface area contributed by atoms with Crippen LogP contribution in [0.25, 0.3) is 0 Å². The molecule has 1 unspecified atom stereocenters. The smallest absolute Gasteiger partial charge is 0.0711 e. The van der Waals surface area contributed by atoms with Crippen LogP contribution in [0.3, 0.4) is 0 Å². The first kappa shape index (κ1) is 9.82. The number of ether oxygens (including phenoxy) is 1. The van der Waals surface area contributed by atoms with Crippen molar-refractivity contribution in [2.75, 3.05) is 20.3 Å². The fourth-order valence-corrected chi connectivity index (χ4v) is 3.81. The van der Waals surface area contributed by atoms with Gasteiger partial charge in [0.05, 0.1) is 12.1 Å². The highest BCUT2D eigenvalue weighted by Gasteiger charge is 2.48. The highest BCUT2D eigenvalue weighted by Crippen LogP contribution is 2.49. The molecule has 0 amide bonds. The summed E-state index contributed by atoms with van der Waals surface area (Å²) in [4.78, 5) is 1.57. The van der Waals surface area contributed by atoms with Crippen LogP contribution in [0.1, 0.15) is 23.3 Å². The Balaban J connectivity index is 2.02. The second-order valence-corrected chi connectivity index (χ2v) is 5.61. The zero-order chi connectivity index (χ0) is 10.3. The lowest BCUT2D eigenvalue weighted by Gasteiger charge is -2.38. The highest BCUT2D eigenvalue weighted by molar-refractivity contribution is 7.10. The normalized spacial score (nSPS) is 30.2. The van der Waals surface area contributed by atoms with Crippen LogP contribution in [0.4, 0.5) is 0 Å². The van der Waals surface area contributed by atoms with E-state index in [1.807, 2.05) is 18.4 Å². The second-order valence-electron chi connectivity index (χ2n) is 4.61. The van der Waals surface area contributed by atoms with Crippen LogP contribution >= 0.6 is 11.3 Å². The number of hydrogen-bond acceptors (Lipinski definition) is 3. The molecule has 1 aromatic heterocycles. The summed E-state index contributed by atoms with van der Waals surface area (Å²) >= 11 is 1.90. The van der Waals surface area contributed by atoms with Crippen LogP contribution in [-0.2, 0) is 16.7 Å². The molecule has 1 aliphatic heterocycles. The lowest BCUT2D eigenvalue weighted by Crippen LogP contribution is -2.51. The number of fused-ring (bicyclic) bond motifs is 1. The van der Waals surface area contributed by atoms with Crippen molar-refractivity contribution in [1.82, 2.24) is 5.32 Å². The van der Waals surface area contributed by atoms with Crippen molar-refractivity contribution in [3.63, 3.8) is 0 Å². The molecule has 3 heteroatoms. The van der Waals surface area contributed by atoms with Gasteiger partial charge in [-0.1, -0.05) is 0 Å². The lowest BCUT2D eigenvalue weighted by atomic mass is 9.83. The fourth-order valence-electron chi connectivity index (χ4n) is 2.84. The summed E-state index contributed by atoms with van der Waals surface area (Å²) in [6.07, 6.45) is 3.89. The third kappa shape index (κ3) is 1.45. The largest absolute Gasteiger partial charge is 0.382 e. The van der Waals surface area contributed by atoms with E-state index < -0.39 is 0 Å². The maximum Gasteiger partial charge on any atom is 0.0711 e. The van der Waals surface area contributed by atoms with Crippen molar-refractivity contribution < 1.29 is 4.74 Å². The molecule has 2 heterocycles. The number of rotatable bonds is 3. The molecule has 15 heavy (non-hydrogen) atoms. The third-order valence-electron chi connectivity index (χ3n) is 3.66. The van der Waals surface area contributed by atoms with Crippen molar-refractivity contribution in [1.29, 1.82) is 0 Å². The van der Waals surface area contributed by atoms with E-state index in [9.17, 15) is 0 Å². The predicted molar refractivity (Wildman–Crippen MR) is 62.3 cm³/mol. The average molecular weight is 223 g/mol. The number of hydrogen-bond donors (Lipinski definition) is 1. The molecule has 1 aromatic rings. The Morgan fingerprint density at radius 3 is 3.20 bits per heavy atom. The van der Waals surface area contributed by atoms with Crippen LogP contribution < -0.4 is 5.32 Å². The van der Waals surface area contributed by atoms with Crippen molar-refractivity contribution in [2.45, 2.75) is 24.8 Å². The summed E-state index contributed by atoms with van der Waals surface area (Å²) in [7, 11) is 1.81. The standard InChI is InChI=1S/C12H17NOS/c1-14-8-12(9-2-3-9)10-5-7-15-11(10)4-6-13-12/h5,7,9,13H,2-4,6,8H2,1H3. The number of thiophene rings is 1. The van der Waals surface area contributed by atoms with Gasteiger partial charge < -0.3 is 10.1 Å². The topological polar surface area (TPSA) is 21.3 Å². The molecule has 3 rings (SSSR count). The Labute approximate surface area is 94.6 Å². The van der Waals surface area contributed by atoms with Gasteiger partial charge >= 0.3 is 0 Å². The summed E-state index contributed by atoms with van der Waals surface area (Å²) in [6.45, 7) is 1.93. The molecule has 1 N–H and O–H groups in total. The van der Waals surface area contributed by atoms with Crippen LogP contribution in [0.15, 0.2) is 11.4 Å². The van der Waals surface area contributed by atoms with Crippen molar-refractivity contribution in [3.8, 4) is 0 Å². The second kappa shape index (κ2) is 3.58. The van der Waals surface area contributed by atoms with E-state index in [4.69, 9.17) is 4.74 Å². The van der Waals surface area contributed by atoms with Crippen molar-refractivity contribution in [3.05, 3.63) is 21.9 Å². The van der Waals surface area contributed by atoms with Crippen LogP contribution in [0.5, 0.6) is 0 Å². The van der Waals surface area contributed by atoms with E-state index in [1.54, 1.807) is 4.88 Å². The van der Waals surface area contributed by atoms with Gasteiger partial charge in [-0.3, -0.25) is 0 Å². The van der Waals surface area contributed by atoms with Gasteiger partial charge in [0.25, 0.3) is 0 Å². The number of nitrogens with one attached hydrogen (secondary N) is 1. The van der Waals surface area contributed by atoms with E-state index in [2.05, 4.69) is 16.8 Å². The highest BCUT2D eigenvalue weighted by atomic mass is 32.1. The molecule has 0 aromatic carbocycles. The molecular weight excluding hydrogens is 206 g/mol. The molecule has 1 atom stereocenters. The fraction of sp³-hybridized carbons (Fsp3) is 0.667. The molecule has 1 fully saturated rings. The zero-order valence-corrected chi connectivity index (χ0v) is 9.90. The van der Waals surface area contributed by atoms with Crippen molar-refractivity contribution in [2.24, 2.45) is 5.92 Å². The zero-order valence-electron chi connectivity index (χ0n) is 9.08. The first-order valence-electron chi connectivity index (χ1n) is 5.67. The molecule has 82 valence electrons. The van der Waals surface area contributed by atoms with E-state index in [0.717, 1.165) is 19.1 Å². The minimum atomic E-state index is 0.141. The van der Waals surface area contributed by atoms with E-state index in [1.165, 1.54) is 24.8 Å². The average Bonchev–Trinajstić information content (AvgIpc) is 2.98. The molecule has 2 nitrogen and oxygen atoms in total. The van der Waals surface area contributed by atoms with Crippen molar-refractivity contribution >= 4 is 11.3 Å². The number of methoxy groups -OCH3 is 1. The van der Waals surface area contributed by atoms with Gasteiger partial charge in [0.2, 0.25) is 0 Å². The van der Waals surface area contributed by atoms with Gasteiger partial charge in [0.15, 0.2) is 0 Å². The summed E-state index contributed by atoms with van der Waals surface area (Å²) in [5.41, 5.74) is 1.66. The lowest BCUT2D eigenvalue weighted by molar-refractivity contribution is 0.0889. The molecule has 0 spiro atoms. The summed E-state index contributed by atoms with van der Waals surface area (Å²) in [5.74, 6) is 0.797. The summed E-state index contributed by atoms with van der Waals surface area (Å²) in [6, 6.07) is 2.30. The first-order valence-corrected chi connectivity index (χ1v) is 6.55. The predicted octanol–water partition coefficient (Wildman–Crippen LogP) is 2.15. The summed E-state index contributed by atoms with van der Waals surface area (Å²) in [5, 5.41) is 5.95. The minimum Gasteiger partial charge on any atom is -0.382 e. The Kier molecular flexibility index (Phi) is 2.34. The maximum atomic E-state index is 5.45. The molecule has 1 saturated carbocycles. The molecule has 2 aliphatic rings.